The maximum Gasteiger partial charge on any atom is 1.00 e. The van der Waals surface area contributed by atoms with Crippen LogP contribution in [-0.2, 0) is 23.9 Å². The monoisotopic (exact) mass is 411 g/mol. The Kier molecular flexibility index (Phi) is 11.3. The molecule has 6 N–H and O–H groups in total. The molecule has 1 aliphatic heterocycles. The zero-order valence-electron chi connectivity index (χ0n) is 15.7. The van der Waals surface area contributed by atoms with Crippen LogP contribution in [0.25, 0.3) is 0 Å². The molecule has 152 valence electrons. The fraction of sp³-hybridized carbons (Fsp3) is 0.600. The van der Waals surface area contributed by atoms with E-state index < -0.39 is 73.0 Å². The summed E-state index contributed by atoms with van der Waals surface area (Å²) in [6.45, 7) is 1.25. The molecule has 0 aromatic rings. The number of aliphatic imine (C=N–C) groups is 1. The van der Waals surface area contributed by atoms with E-state index in [1.807, 2.05) is 0 Å². The molecule has 28 heavy (non-hydrogen) atoms. The SMILES string of the molecule is CC(=O)N[C@H]1[C@H]([C@H](O)[C@H](O)CN=C(C)[O-])OC(C(=O)O)=C[C@@H]1OCC(N)=O.[Na+]. The fourth-order valence-electron chi connectivity index (χ4n) is 2.38. The van der Waals surface area contributed by atoms with Crippen LogP contribution < -0.4 is 45.7 Å². The van der Waals surface area contributed by atoms with Crippen molar-refractivity contribution in [1.82, 2.24) is 5.32 Å². The van der Waals surface area contributed by atoms with Gasteiger partial charge < -0.3 is 45.9 Å². The first-order chi connectivity index (χ1) is 12.5. The summed E-state index contributed by atoms with van der Waals surface area (Å²) in [7, 11) is 0. The second-order valence-corrected chi connectivity index (χ2v) is 5.80. The molecule has 0 aromatic carbocycles. The van der Waals surface area contributed by atoms with Crippen LogP contribution in [0.3, 0.4) is 0 Å². The summed E-state index contributed by atoms with van der Waals surface area (Å²) in [5.74, 6) is -4.11. The predicted octanol–water partition coefficient (Wildman–Crippen LogP) is -6.77. The number of aliphatic carboxylic acids is 1. The van der Waals surface area contributed by atoms with Crippen molar-refractivity contribution in [2.24, 2.45) is 10.7 Å². The molecule has 0 unspecified atom stereocenters. The van der Waals surface area contributed by atoms with Crippen LogP contribution in [0.15, 0.2) is 16.8 Å². The third-order valence-electron chi connectivity index (χ3n) is 3.52. The van der Waals surface area contributed by atoms with Gasteiger partial charge in [-0.3, -0.25) is 9.59 Å². The quantitative estimate of drug-likeness (QED) is 0.139. The molecule has 13 heteroatoms. The standard InChI is InChI=1S/C15H23N3O9.Na/c1-6(19)17-4-8(21)13(23)14-12(18-7(2)20)9(26-5-11(16)22)3-10(27-14)15(24)25;/h3,8-9,12-14,21,23H,4-5H2,1-2H3,(H2,16,22)(H,17,19)(H,18,20)(H,24,25);/q;+1/p-1/t8-,9+,12-,13-,14-;/m1./s1. The van der Waals surface area contributed by atoms with Crippen LogP contribution in [0.2, 0.25) is 0 Å². The normalized spacial score (nSPS) is 24.1. The molecule has 0 fully saturated rings. The van der Waals surface area contributed by atoms with E-state index in [-0.39, 0.29) is 29.6 Å². The summed E-state index contributed by atoms with van der Waals surface area (Å²) in [5, 5.41) is 42.9. The summed E-state index contributed by atoms with van der Waals surface area (Å²) in [6.07, 6.45) is -5.01. The predicted molar refractivity (Wildman–Crippen MR) is 87.1 cm³/mol. The van der Waals surface area contributed by atoms with Crippen LogP contribution in [0.1, 0.15) is 13.8 Å². The number of ether oxygens (including phenoxy) is 2. The number of nitrogens with zero attached hydrogens (tertiary/aromatic N) is 1. The molecule has 1 rings (SSSR count). The number of carboxylic acids is 1. The van der Waals surface area contributed by atoms with Gasteiger partial charge in [-0.05, 0) is 18.9 Å². The Bertz CT molecular complexity index is 636. The smallest absolute Gasteiger partial charge is 0.862 e. The van der Waals surface area contributed by atoms with E-state index in [1.54, 1.807) is 0 Å². The zero-order chi connectivity index (χ0) is 20.7. The van der Waals surface area contributed by atoms with Gasteiger partial charge in [0.25, 0.3) is 0 Å². The van der Waals surface area contributed by atoms with Gasteiger partial charge in [-0.15, -0.1) is 0 Å². The Hall–Kier alpha value is -1.70. The first kappa shape index (κ1) is 26.3. The second kappa shape index (κ2) is 12.0. The molecular formula is C15H22N3NaO9. The molecule has 0 saturated carbocycles. The van der Waals surface area contributed by atoms with E-state index in [1.165, 1.54) is 0 Å². The minimum Gasteiger partial charge on any atom is -0.862 e. The summed E-state index contributed by atoms with van der Waals surface area (Å²) >= 11 is 0. The molecular weight excluding hydrogens is 389 g/mol. The van der Waals surface area contributed by atoms with Crippen molar-refractivity contribution in [2.45, 2.75) is 44.3 Å². The summed E-state index contributed by atoms with van der Waals surface area (Å²) in [5.41, 5.74) is 5.01. The topological polar surface area (TPSA) is 204 Å². The van der Waals surface area contributed by atoms with Gasteiger partial charge in [0.2, 0.25) is 17.6 Å². The van der Waals surface area contributed by atoms with Gasteiger partial charge in [0, 0.05) is 6.92 Å². The molecule has 0 aliphatic carbocycles. The Morgan fingerprint density at radius 2 is 2.00 bits per heavy atom. The summed E-state index contributed by atoms with van der Waals surface area (Å²) in [6, 6.07) is -1.16. The number of aliphatic hydroxyl groups is 2. The van der Waals surface area contributed by atoms with E-state index in [0.29, 0.717) is 0 Å². The van der Waals surface area contributed by atoms with Gasteiger partial charge in [-0.1, -0.05) is 0 Å². The summed E-state index contributed by atoms with van der Waals surface area (Å²) in [4.78, 5) is 37.2. The minimum absolute atomic E-state index is 0. The average molecular weight is 411 g/mol. The van der Waals surface area contributed by atoms with Gasteiger partial charge in [0.15, 0.2) is 6.10 Å². The van der Waals surface area contributed by atoms with Gasteiger partial charge in [0.1, 0.15) is 24.9 Å². The van der Waals surface area contributed by atoms with Crippen molar-refractivity contribution in [3.05, 3.63) is 11.8 Å². The van der Waals surface area contributed by atoms with Crippen LogP contribution >= 0.6 is 0 Å². The average Bonchev–Trinajstić information content (AvgIpc) is 2.56. The van der Waals surface area contributed by atoms with Crippen molar-refractivity contribution >= 4 is 23.7 Å². The summed E-state index contributed by atoms with van der Waals surface area (Å²) < 4.78 is 10.4. The number of amides is 2. The maximum absolute atomic E-state index is 11.5. The van der Waals surface area contributed by atoms with E-state index in [9.17, 15) is 34.8 Å². The molecule has 0 spiro atoms. The van der Waals surface area contributed by atoms with Crippen LogP contribution in [0.5, 0.6) is 0 Å². The van der Waals surface area contributed by atoms with E-state index in [2.05, 4.69) is 10.3 Å². The van der Waals surface area contributed by atoms with Crippen LogP contribution in [0, 0.1) is 0 Å². The van der Waals surface area contributed by atoms with Crippen molar-refractivity contribution in [2.75, 3.05) is 13.2 Å². The molecule has 5 atom stereocenters. The molecule has 0 saturated heterocycles. The number of carboxylic acid groups (broad SMARTS) is 1. The number of rotatable bonds is 9. The van der Waals surface area contributed by atoms with Crippen molar-refractivity contribution < 1.29 is 73.8 Å². The fourth-order valence-corrected chi connectivity index (χ4v) is 2.38. The van der Waals surface area contributed by atoms with Gasteiger partial charge >= 0.3 is 35.5 Å². The number of aliphatic hydroxyl groups excluding tert-OH is 2. The van der Waals surface area contributed by atoms with Crippen molar-refractivity contribution in [3.63, 3.8) is 0 Å². The number of nitrogens with one attached hydrogen (secondary N) is 1. The Morgan fingerprint density at radius 1 is 1.39 bits per heavy atom. The number of hydrogen-bond donors (Lipinski definition) is 5. The van der Waals surface area contributed by atoms with Crippen LogP contribution in [0.4, 0.5) is 0 Å². The molecule has 0 bridgehead atoms. The van der Waals surface area contributed by atoms with Gasteiger partial charge in [-0.25, -0.2) is 4.79 Å². The molecule has 1 heterocycles. The molecule has 0 radical (unpaired) electrons. The molecule has 2 amide bonds. The van der Waals surface area contributed by atoms with E-state index in [4.69, 9.17) is 15.2 Å². The first-order valence-corrected chi connectivity index (χ1v) is 7.86. The molecule has 1 aliphatic rings. The van der Waals surface area contributed by atoms with Gasteiger partial charge in [0.05, 0.1) is 12.6 Å². The number of carbonyl (C=O) groups is 3. The minimum atomic E-state index is -1.74. The molecule has 0 aromatic heterocycles. The number of carbonyl (C=O) groups excluding carboxylic acids is 2. The second-order valence-electron chi connectivity index (χ2n) is 5.80. The van der Waals surface area contributed by atoms with Crippen molar-refractivity contribution in [3.8, 4) is 0 Å². The largest absolute Gasteiger partial charge is 1.00 e. The number of nitrogens with two attached hydrogens (primary N) is 1. The van der Waals surface area contributed by atoms with Crippen molar-refractivity contribution in [1.29, 1.82) is 0 Å². The van der Waals surface area contributed by atoms with Gasteiger partial charge in [-0.2, -0.15) is 0 Å². The Morgan fingerprint density at radius 3 is 2.46 bits per heavy atom. The third-order valence-corrected chi connectivity index (χ3v) is 3.52. The Labute approximate surface area is 182 Å². The third kappa shape index (κ3) is 8.12. The first-order valence-electron chi connectivity index (χ1n) is 7.86. The number of hydrogen-bond acceptors (Lipinski definition) is 9. The molecule has 12 nitrogen and oxygen atoms in total. The van der Waals surface area contributed by atoms with E-state index in [0.717, 1.165) is 19.9 Å². The van der Waals surface area contributed by atoms with E-state index >= 15 is 0 Å². The number of primary amides is 1. The maximum atomic E-state index is 11.5. The van der Waals surface area contributed by atoms with Crippen LogP contribution in [-0.4, -0.2) is 82.6 Å². The Balaban J connectivity index is 0.00000729. The zero-order valence-corrected chi connectivity index (χ0v) is 17.7.